The van der Waals surface area contributed by atoms with Crippen molar-refractivity contribution in [1.82, 2.24) is 19.6 Å². The number of rotatable bonds is 5. The number of aryl methyl sites for hydroxylation is 2. The molecule has 0 unspecified atom stereocenters. The molecule has 0 aliphatic rings. The quantitative estimate of drug-likeness (QED) is 0.528. The van der Waals surface area contributed by atoms with Crippen molar-refractivity contribution in [2.45, 2.75) is 33.6 Å². The maximum Gasteiger partial charge on any atom is 0.275 e. The van der Waals surface area contributed by atoms with Crippen molar-refractivity contribution in [3.63, 3.8) is 0 Å². The Bertz CT molecular complexity index is 1180. The number of hydrogen-bond donors (Lipinski definition) is 2. The zero-order chi connectivity index (χ0) is 21.4. The number of nitrogens with one attached hydrogen (secondary N) is 2. The molecule has 0 aliphatic carbocycles. The number of H-pyrrole nitrogens is 2. The van der Waals surface area contributed by atoms with Crippen LogP contribution in [0.2, 0.25) is 0 Å². The van der Waals surface area contributed by atoms with Crippen LogP contribution in [-0.2, 0) is 0 Å². The van der Waals surface area contributed by atoms with Gasteiger partial charge in [0.15, 0.2) is 0 Å². The third-order valence-electron chi connectivity index (χ3n) is 5.55. The first-order chi connectivity index (χ1) is 14.4. The summed E-state index contributed by atoms with van der Waals surface area (Å²) in [5.41, 5.74) is 4.11. The topological polar surface area (TPSA) is 75.6 Å². The molecule has 2 N–H and O–H groups in total. The van der Waals surface area contributed by atoms with Crippen molar-refractivity contribution in [2.24, 2.45) is 5.92 Å². The molecule has 0 bridgehead atoms. The molecule has 0 spiro atoms. The van der Waals surface area contributed by atoms with Gasteiger partial charge < -0.3 is 0 Å². The van der Waals surface area contributed by atoms with Crippen LogP contribution in [0.3, 0.4) is 0 Å². The van der Waals surface area contributed by atoms with Gasteiger partial charge in [-0.3, -0.25) is 19.8 Å². The van der Waals surface area contributed by atoms with E-state index >= 15 is 0 Å². The summed E-state index contributed by atoms with van der Waals surface area (Å²) < 4.78 is 3.11. The number of para-hydroxylation sites is 2. The van der Waals surface area contributed by atoms with E-state index in [1.54, 1.807) is 9.36 Å². The number of benzene rings is 2. The molecule has 0 saturated carbocycles. The molecular formula is C24H26N4O2. The Balaban J connectivity index is 1.91. The Morgan fingerprint density at radius 3 is 1.37 bits per heavy atom. The lowest BCUT2D eigenvalue weighted by molar-refractivity contribution is 0.553. The molecule has 154 valence electrons. The van der Waals surface area contributed by atoms with Crippen LogP contribution in [0, 0.1) is 19.8 Å². The lowest BCUT2D eigenvalue weighted by Crippen LogP contribution is -2.27. The van der Waals surface area contributed by atoms with Crippen LogP contribution in [-0.4, -0.2) is 19.6 Å². The Labute approximate surface area is 174 Å². The van der Waals surface area contributed by atoms with Gasteiger partial charge in [0, 0.05) is 28.4 Å². The molecule has 30 heavy (non-hydrogen) atoms. The second kappa shape index (κ2) is 7.71. The molecule has 0 aliphatic heterocycles. The van der Waals surface area contributed by atoms with E-state index in [-0.39, 0.29) is 23.0 Å². The van der Waals surface area contributed by atoms with Crippen LogP contribution in [0.15, 0.2) is 70.3 Å². The van der Waals surface area contributed by atoms with Gasteiger partial charge in [0.1, 0.15) is 0 Å². The highest BCUT2D eigenvalue weighted by Gasteiger charge is 2.31. The van der Waals surface area contributed by atoms with Crippen LogP contribution in [0.1, 0.15) is 42.3 Å². The SMILES string of the molecule is Cc1[nH]n(-c2ccccc2)c(=O)c1C(c1c(C)[nH]n(-c2ccccc2)c1=O)C(C)C. The molecule has 0 fully saturated rings. The second-order valence-corrected chi connectivity index (χ2v) is 7.97. The molecule has 6 nitrogen and oxygen atoms in total. The normalized spacial score (nSPS) is 11.5. The summed E-state index contributed by atoms with van der Waals surface area (Å²) in [6.45, 7) is 7.87. The van der Waals surface area contributed by atoms with Crippen molar-refractivity contribution < 1.29 is 0 Å². The third-order valence-corrected chi connectivity index (χ3v) is 5.55. The molecule has 2 aromatic carbocycles. The Kier molecular flexibility index (Phi) is 5.08. The van der Waals surface area contributed by atoms with Crippen molar-refractivity contribution in [1.29, 1.82) is 0 Å². The summed E-state index contributed by atoms with van der Waals surface area (Å²) in [7, 11) is 0. The first kappa shape index (κ1) is 19.8. The standard InChI is InChI=1S/C24H26N4O2/c1-15(2)20(21-16(3)25-27(23(21)29)18-11-7-5-8-12-18)22-17(4)26-28(24(22)30)19-13-9-6-10-14-19/h5-15,20,25-26H,1-4H3. The fraction of sp³-hybridized carbons (Fsp3) is 0.250. The van der Waals surface area contributed by atoms with E-state index in [1.165, 1.54) is 0 Å². The lowest BCUT2D eigenvalue weighted by Gasteiger charge is -2.19. The molecule has 6 heteroatoms. The van der Waals surface area contributed by atoms with Crippen molar-refractivity contribution in [2.75, 3.05) is 0 Å². The average molecular weight is 402 g/mol. The number of hydrogen-bond acceptors (Lipinski definition) is 2. The van der Waals surface area contributed by atoms with E-state index in [0.717, 1.165) is 22.8 Å². The Morgan fingerprint density at radius 1 is 0.667 bits per heavy atom. The Hall–Kier alpha value is -3.54. The summed E-state index contributed by atoms with van der Waals surface area (Å²) in [5, 5.41) is 6.39. The zero-order valence-corrected chi connectivity index (χ0v) is 17.6. The van der Waals surface area contributed by atoms with Gasteiger partial charge in [0.2, 0.25) is 0 Å². The lowest BCUT2D eigenvalue weighted by atomic mass is 9.83. The predicted molar refractivity (Wildman–Crippen MR) is 119 cm³/mol. The van der Waals surface area contributed by atoms with E-state index in [2.05, 4.69) is 10.2 Å². The first-order valence-corrected chi connectivity index (χ1v) is 10.1. The zero-order valence-electron chi connectivity index (χ0n) is 17.6. The molecule has 0 radical (unpaired) electrons. The van der Waals surface area contributed by atoms with E-state index in [9.17, 15) is 9.59 Å². The smallest absolute Gasteiger partial charge is 0.275 e. The minimum atomic E-state index is -0.326. The minimum absolute atomic E-state index is 0.0582. The van der Waals surface area contributed by atoms with E-state index in [0.29, 0.717) is 11.1 Å². The van der Waals surface area contributed by atoms with Crippen LogP contribution in [0.4, 0.5) is 0 Å². The van der Waals surface area contributed by atoms with Gasteiger partial charge in [0.05, 0.1) is 11.4 Å². The van der Waals surface area contributed by atoms with Crippen LogP contribution in [0.25, 0.3) is 11.4 Å². The van der Waals surface area contributed by atoms with Gasteiger partial charge in [-0.25, -0.2) is 9.36 Å². The van der Waals surface area contributed by atoms with Crippen molar-refractivity contribution >= 4 is 0 Å². The summed E-state index contributed by atoms with van der Waals surface area (Å²) in [4.78, 5) is 26.8. The van der Waals surface area contributed by atoms with Gasteiger partial charge in [-0.2, -0.15) is 0 Å². The van der Waals surface area contributed by atoms with E-state index in [4.69, 9.17) is 0 Å². The summed E-state index contributed by atoms with van der Waals surface area (Å²) in [6.07, 6.45) is 0. The minimum Gasteiger partial charge on any atom is -0.295 e. The van der Waals surface area contributed by atoms with Crippen molar-refractivity contribution in [3.8, 4) is 11.4 Å². The monoisotopic (exact) mass is 402 g/mol. The second-order valence-electron chi connectivity index (χ2n) is 7.97. The van der Waals surface area contributed by atoms with Gasteiger partial charge in [0.25, 0.3) is 11.1 Å². The van der Waals surface area contributed by atoms with Crippen LogP contribution < -0.4 is 11.1 Å². The third kappa shape index (κ3) is 3.24. The molecule has 2 heterocycles. The first-order valence-electron chi connectivity index (χ1n) is 10.1. The van der Waals surface area contributed by atoms with E-state index in [1.807, 2.05) is 88.4 Å². The molecular weight excluding hydrogens is 376 g/mol. The highest BCUT2D eigenvalue weighted by molar-refractivity contribution is 5.41. The summed E-state index contributed by atoms with van der Waals surface area (Å²) >= 11 is 0. The molecule has 0 atom stereocenters. The van der Waals surface area contributed by atoms with Crippen LogP contribution >= 0.6 is 0 Å². The van der Waals surface area contributed by atoms with E-state index < -0.39 is 0 Å². The molecule has 0 saturated heterocycles. The number of aromatic amines is 2. The van der Waals surface area contributed by atoms with Gasteiger partial charge >= 0.3 is 0 Å². The van der Waals surface area contributed by atoms with Gasteiger partial charge in [-0.05, 0) is 44.0 Å². The highest BCUT2D eigenvalue weighted by atomic mass is 16.1. The van der Waals surface area contributed by atoms with Gasteiger partial charge in [-0.1, -0.05) is 50.2 Å². The Morgan fingerprint density at radius 2 is 1.03 bits per heavy atom. The average Bonchev–Trinajstić information content (AvgIpc) is 3.20. The summed E-state index contributed by atoms with van der Waals surface area (Å²) in [5.74, 6) is -0.268. The van der Waals surface area contributed by atoms with Crippen molar-refractivity contribution in [3.05, 3.63) is 104 Å². The van der Waals surface area contributed by atoms with Crippen LogP contribution in [0.5, 0.6) is 0 Å². The molecule has 4 rings (SSSR count). The maximum atomic E-state index is 13.4. The molecule has 4 aromatic rings. The molecule has 0 amide bonds. The largest absolute Gasteiger partial charge is 0.295 e. The fourth-order valence-corrected chi connectivity index (χ4v) is 4.18. The maximum absolute atomic E-state index is 13.4. The number of nitrogens with zero attached hydrogens (tertiary/aromatic N) is 2. The fourth-order valence-electron chi connectivity index (χ4n) is 4.18. The van der Waals surface area contributed by atoms with Gasteiger partial charge in [-0.15, -0.1) is 0 Å². The molecule has 2 aromatic heterocycles. The summed E-state index contributed by atoms with van der Waals surface area (Å²) in [6, 6.07) is 18.9. The highest BCUT2D eigenvalue weighted by Crippen LogP contribution is 2.32. The predicted octanol–water partition coefficient (Wildman–Crippen LogP) is 4.05. The number of aromatic nitrogens is 4.